The van der Waals surface area contributed by atoms with Crippen molar-refractivity contribution in [1.82, 2.24) is 10.3 Å². The minimum Gasteiger partial charge on any atom is -0.468 e. The summed E-state index contributed by atoms with van der Waals surface area (Å²) < 4.78 is 4.93. The molecule has 0 saturated heterocycles. The maximum atomic E-state index is 12.5. The minimum absolute atomic E-state index is 0.0748. The SMILES string of the molecule is C=C1NC2=C(C(=O)CCC2)C(c2ccccn2)C1C(=O)OC. The summed E-state index contributed by atoms with van der Waals surface area (Å²) in [6, 6.07) is 5.51. The summed E-state index contributed by atoms with van der Waals surface area (Å²) in [4.78, 5) is 29.1. The van der Waals surface area contributed by atoms with Crippen LogP contribution in [0.2, 0.25) is 0 Å². The van der Waals surface area contributed by atoms with Crippen LogP contribution in [0.15, 0.2) is 47.9 Å². The highest BCUT2D eigenvalue weighted by molar-refractivity contribution is 6.00. The van der Waals surface area contributed by atoms with Crippen molar-refractivity contribution in [2.24, 2.45) is 5.92 Å². The second-order valence-electron chi connectivity index (χ2n) is 5.55. The summed E-state index contributed by atoms with van der Waals surface area (Å²) in [5.41, 5.74) is 2.80. The number of ketones is 1. The van der Waals surface area contributed by atoms with Gasteiger partial charge in [-0.05, 0) is 25.0 Å². The Balaban J connectivity index is 2.16. The van der Waals surface area contributed by atoms with E-state index in [4.69, 9.17) is 4.74 Å². The van der Waals surface area contributed by atoms with E-state index in [9.17, 15) is 9.59 Å². The molecular weight excluding hydrogens is 280 g/mol. The molecule has 0 amide bonds. The van der Waals surface area contributed by atoms with E-state index in [2.05, 4.69) is 16.9 Å². The van der Waals surface area contributed by atoms with Crippen LogP contribution in [-0.4, -0.2) is 23.8 Å². The first-order valence-corrected chi connectivity index (χ1v) is 7.34. The zero-order valence-electron chi connectivity index (χ0n) is 12.5. The Morgan fingerprint density at radius 3 is 2.91 bits per heavy atom. The summed E-state index contributed by atoms with van der Waals surface area (Å²) in [6.45, 7) is 3.97. The fourth-order valence-electron chi connectivity index (χ4n) is 3.28. The lowest BCUT2D eigenvalue weighted by Crippen LogP contribution is -2.41. The zero-order chi connectivity index (χ0) is 15.7. The summed E-state index contributed by atoms with van der Waals surface area (Å²) in [5.74, 6) is -1.39. The number of hydrogen-bond donors (Lipinski definition) is 1. The number of aromatic nitrogens is 1. The van der Waals surface area contributed by atoms with Crippen LogP contribution in [0.1, 0.15) is 30.9 Å². The average molecular weight is 298 g/mol. The topological polar surface area (TPSA) is 68.3 Å². The number of pyridine rings is 1. The fourth-order valence-corrected chi connectivity index (χ4v) is 3.28. The number of Topliss-reactive ketones (excluding diaryl/α,β-unsaturated/α-hetero) is 1. The number of carbonyl (C=O) groups is 2. The van der Waals surface area contributed by atoms with Crippen LogP contribution in [-0.2, 0) is 14.3 Å². The second-order valence-corrected chi connectivity index (χ2v) is 5.55. The lowest BCUT2D eigenvalue weighted by Gasteiger charge is -2.37. The molecule has 5 heteroatoms. The molecule has 1 aromatic heterocycles. The molecule has 5 nitrogen and oxygen atoms in total. The predicted octanol–water partition coefficient (Wildman–Crippen LogP) is 2.08. The molecule has 0 spiro atoms. The number of rotatable bonds is 2. The van der Waals surface area contributed by atoms with Gasteiger partial charge in [-0.15, -0.1) is 0 Å². The van der Waals surface area contributed by atoms with Crippen LogP contribution in [0.5, 0.6) is 0 Å². The number of nitrogens with one attached hydrogen (secondary N) is 1. The van der Waals surface area contributed by atoms with Crippen molar-refractivity contribution in [2.75, 3.05) is 7.11 Å². The van der Waals surface area contributed by atoms with Gasteiger partial charge in [-0.1, -0.05) is 12.6 Å². The van der Waals surface area contributed by atoms with Gasteiger partial charge in [-0.25, -0.2) is 0 Å². The Morgan fingerprint density at radius 2 is 2.23 bits per heavy atom. The standard InChI is InChI=1S/C17H18N2O3/c1-10-14(17(21)22-2)16(11-6-3-4-9-18-11)15-12(19-10)7-5-8-13(15)20/h3-4,6,9,14,16,19H,1,5,7-8H2,2H3. The lowest BCUT2D eigenvalue weighted by atomic mass is 9.73. The minimum atomic E-state index is -0.638. The van der Waals surface area contributed by atoms with Gasteiger partial charge in [0.1, 0.15) is 5.92 Å². The highest BCUT2D eigenvalue weighted by Crippen LogP contribution is 2.43. The first-order valence-electron chi connectivity index (χ1n) is 7.34. The summed E-state index contributed by atoms with van der Waals surface area (Å²) in [7, 11) is 1.34. The molecule has 114 valence electrons. The fraction of sp³-hybridized carbons (Fsp3) is 0.353. The number of hydrogen-bond acceptors (Lipinski definition) is 5. The van der Waals surface area contributed by atoms with Gasteiger partial charge in [0, 0.05) is 35.3 Å². The van der Waals surface area contributed by atoms with E-state index in [1.54, 1.807) is 6.20 Å². The van der Waals surface area contributed by atoms with Gasteiger partial charge in [-0.2, -0.15) is 0 Å². The van der Waals surface area contributed by atoms with Crippen molar-refractivity contribution in [3.8, 4) is 0 Å². The van der Waals surface area contributed by atoms with E-state index in [1.807, 2.05) is 18.2 Å². The molecule has 22 heavy (non-hydrogen) atoms. The monoisotopic (exact) mass is 298 g/mol. The molecule has 3 rings (SSSR count). The van der Waals surface area contributed by atoms with Gasteiger partial charge in [0.15, 0.2) is 5.78 Å². The van der Waals surface area contributed by atoms with Crippen LogP contribution >= 0.6 is 0 Å². The normalized spacial score (nSPS) is 24.6. The Labute approximate surface area is 129 Å². The van der Waals surface area contributed by atoms with E-state index in [0.717, 1.165) is 18.5 Å². The molecule has 1 aliphatic heterocycles. The molecule has 1 aromatic rings. The summed E-state index contributed by atoms with van der Waals surface area (Å²) in [6.07, 6.45) is 3.78. The molecule has 0 radical (unpaired) electrons. The van der Waals surface area contributed by atoms with Gasteiger partial charge in [0.05, 0.1) is 13.0 Å². The molecule has 0 fully saturated rings. The van der Waals surface area contributed by atoms with Crippen molar-refractivity contribution >= 4 is 11.8 Å². The molecule has 0 bridgehead atoms. The Kier molecular flexibility index (Phi) is 3.79. The quantitative estimate of drug-likeness (QED) is 0.847. The molecule has 2 atom stereocenters. The van der Waals surface area contributed by atoms with E-state index in [-0.39, 0.29) is 5.78 Å². The van der Waals surface area contributed by atoms with Crippen molar-refractivity contribution < 1.29 is 14.3 Å². The first kappa shape index (κ1) is 14.5. The van der Waals surface area contributed by atoms with E-state index in [1.165, 1.54) is 7.11 Å². The molecule has 2 aliphatic rings. The molecule has 2 heterocycles. The van der Waals surface area contributed by atoms with Crippen molar-refractivity contribution in [3.63, 3.8) is 0 Å². The van der Waals surface area contributed by atoms with Crippen LogP contribution < -0.4 is 5.32 Å². The highest BCUT2D eigenvalue weighted by atomic mass is 16.5. The van der Waals surface area contributed by atoms with Crippen molar-refractivity contribution in [1.29, 1.82) is 0 Å². The van der Waals surface area contributed by atoms with Crippen LogP contribution in [0.25, 0.3) is 0 Å². The number of esters is 1. The number of carbonyl (C=O) groups excluding carboxylic acids is 2. The predicted molar refractivity (Wildman–Crippen MR) is 80.6 cm³/mol. The van der Waals surface area contributed by atoms with Crippen LogP contribution in [0.4, 0.5) is 0 Å². The van der Waals surface area contributed by atoms with Gasteiger partial charge in [-0.3, -0.25) is 14.6 Å². The third-order valence-electron chi connectivity index (χ3n) is 4.25. The smallest absolute Gasteiger partial charge is 0.315 e. The molecule has 0 aromatic carbocycles. The van der Waals surface area contributed by atoms with Gasteiger partial charge >= 0.3 is 5.97 Å². The Bertz CT molecular complexity index is 664. The number of nitrogens with zero attached hydrogens (tertiary/aromatic N) is 1. The molecule has 1 aliphatic carbocycles. The lowest BCUT2D eigenvalue weighted by molar-refractivity contribution is -0.144. The maximum absolute atomic E-state index is 12.5. The van der Waals surface area contributed by atoms with Crippen LogP contribution in [0.3, 0.4) is 0 Å². The molecule has 1 N–H and O–H groups in total. The third kappa shape index (κ3) is 2.32. The molecule has 0 saturated carbocycles. The molecular formula is C17H18N2O3. The Morgan fingerprint density at radius 1 is 1.41 bits per heavy atom. The number of methoxy groups -OCH3 is 1. The highest BCUT2D eigenvalue weighted by Gasteiger charge is 2.44. The maximum Gasteiger partial charge on any atom is 0.315 e. The number of ether oxygens (including phenoxy) is 1. The van der Waals surface area contributed by atoms with Crippen LogP contribution in [0, 0.1) is 5.92 Å². The van der Waals surface area contributed by atoms with E-state index in [0.29, 0.717) is 23.4 Å². The number of allylic oxidation sites excluding steroid dienone is 2. The van der Waals surface area contributed by atoms with E-state index < -0.39 is 17.8 Å². The third-order valence-corrected chi connectivity index (χ3v) is 4.25. The van der Waals surface area contributed by atoms with E-state index >= 15 is 0 Å². The van der Waals surface area contributed by atoms with Crippen molar-refractivity contribution in [2.45, 2.75) is 25.2 Å². The second kappa shape index (κ2) is 5.75. The summed E-state index contributed by atoms with van der Waals surface area (Å²) in [5, 5.41) is 3.15. The van der Waals surface area contributed by atoms with Gasteiger partial charge < -0.3 is 10.1 Å². The van der Waals surface area contributed by atoms with Gasteiger partial charge in [0.2, 0.25) is 0 Å². The zero-order valence-corrected chi connectivity index (χ0v) is 12.5. The largest absolute Gasteiger partial charge is 0.468 e. The average Bonchev–Trinajstić information content (AvgIpc) is 2.54. The molecule has 2 unspecified atom stereocenters. The summed E-state index contributed by atoms with van der Waals surface area (Å²) >= 11 is 0. The Hall–Kier alpha value is -2.43. The van der Waals surface area contributed by atoms with Gasteiger partial charge in [0.25, 0.3) is 0 Å². The first-order chi connectivity index (χ1) is 10.6. The van der Waals surface area contributed by atoms with Crippen molar-refractivity contribution in [3.05, 3.63) is 53.6 Å².